The van der Waals surface area contributed by atoms with Gasteiger partial charge in [-0.15, -0.1) is 0 Å². The van der Waals surface area contributed by atoms with Crippen LogP contribution in [0.1, 0.15) is 43.0 Å². The summed E-state index contributed by atoms with van der Waals surface area (Å²) in [4.78, 5) is 2.67. The minimum absolute atomic E-state index is 0.639. The van der Waals surface area contributed by atoms with Gasteiger partial charge in [0.2, 0.25) is 0 Å². The molecule has 0 radical (unpaired) electrons. The molecular weight excluding hydrogens is 236 g/mol. The molecule has 2 fully saturated rings. The van der Waals surface area contributed by atoms with E-state index in [-0.39, 0.29) is 0 Å². The number of likely N-dealkylation sites (tertiary alicyclic amines) is 1. The highest BCUT2D eigenvalue weighted by Gasteiger charge is 2.25. The number of aromatic nitrogens is 2. The maximum absolute atomic E-state index is 4.46. The third kappa shape index (κ3) is 3.37. The van der Waals surface area contributed by atoms with Crippen LogP contribution in [0.25, 0.3) is 0 Å². The van der Waals surface area contributed by atoms with E-state index in [2.05, 4.69) is 33.4 Å². The molecule has 2 aliphatic heterocycles. The molecule has 1 aromatic rings. The molecule has 1 atom stereocenters. The highest BCUT2D eigenvalue weighted by molar-refractivity contribution is 5.13. The van der Waals surface area contributed by atoms with E-state index >= 15 is 0 Å². The van der Waals surface area contributed by atoms with Crippen molar-refractivity contribution in [3.63, 3.8) is 0 Å². The van der Waals surface area contributed by atoms with Crippen LogP contribution in [0.15, 0.2) is 6.07 Å². The van der Waals surface area contributed by atoms with E-state index in [1.54, 1.807) is 0 Å². The maximum atomic E-state index is 4.46. The van der Waals surface area contributed by atoms with Gasteiger partial charge < -0.3 is 10.2 Å². The zero-order valence-electron chi connectivity index (χ0n) is 12.0. The highest BCUT2D eigenvalue weighted by atomic mass is 15.2. The number of aromatic amines is 1. The largest absolute Gasteiger partial charge is 0.317 e. The normalized spacial score (nSPS) is 26.7. The van der Waals surface area contributed by atoms with E-state index in [4.69, 9.17) is 0 Å². The van der Waals surface area contributed by atoms with Crippen LogP contribution in [0.3, 0.4) is 0 Å². The third-order valence-corrected chi connectivity index (χ3v) is 4.62. The second-order valence-electron chi connectivity index (χ2n) is 6.27. The van der Waals surface area contributed by atoms with E-state index in [9.17, 15) is 0 Å². The van der Waals surface area contributed by atoms with Crippen molar-refractivity contribution < 1.29 is 0 Å². The number of aryl methyl sites for hydroxylation is 1. The number of nitrogens with zero attached hydrogens (tertiary/aromatic N) is 2. The Balaban J connectivity index is 1.55. The average molecular weight is 262 g/mol. The average Bonchev–Trinajstić information content (AvgIpc) is 2.87. The fraction of sp³-hybridized carbons (Fsp3) is 0.800. The van der Waals surface area contributed by atoms with Gasteiger partial charge in [0.25, 0.3) is 0 Å². The fourth-order valence-electron chi connectivity index (χ4n) is 3.54. The molecule has 1 aromatic heterocycles. The summed E-state index contributed by atoms with van der Waals surface area (Å²) in [6, 6.07) is 2.22. The molecule has 4 nitrogen and oxygen atoms in total. The van der Waals surface area contributed by atoms with Crippen molar-refractivity contribution in [3.05, 3.63) is 17.5 Å². The SMILES string of the molecule is Cc1cc(C2CCCN(CC3CCNCC3)C2)n[nH]1. The van der Waals surface area contributed by atoms with Gasteiger partial charge in [0.15, 0.2) is 0 Å². The van der Waals surface area contributed by atoms with Gasteiger partial charge in [0.05, 0.1) is 5.69 Å². The Morgan fingerprint density at radius 1 is 1.32 bits per heavy atom. The van der Waals surface area contributed by atoms with Crippen LogP contribution >= 0.6 is 0 Å². The molecule has 3 rings (SSSR count). The van der Waals surface area contributed by atoms with Gasteiger partial charge >= 0.3 is 0 Å². The summed E-state index contributed by atoms with van der Waals surface area (Å²) in [5.41, 5.74) is 2.46. The van der Waals surface area contributed by atoms with E-state index < -0.39 is 0 Å². The molecule has 106 valence electrons. The molecule has 19 heavy (non-hydrogen) atoms. The highest BCUT2D eigenvalue weighted by Crippen LogP contribution is 2.27. The maximum Gasteiger partial charge on any atom is 0.0668 e. The lowest BCUT2D eigenvalue weighted by molar-refractivity contribution is 0.162. The number of H-pyrrole nitrogens is 1. The number of nitrogens with one attached hydrogen (secondary N) is 2. The number of piperidine rings is 2. The van der Waals surface area contributed by atoms with Crippen LogP contribution in [-0.4, -0.2) is 47.8 Å². The number of rotatable bonds is 3. The van der Waals surface area contributed by atoms with Gasteiger partial charge in [-0.05, 0) is 64.2 Å². The number of hydrogen-bond acceptors (Lipinski definition) is 3. The lowest BCUT2D eigenvalue weighted by Gasteiger charge is -2.35. The Morgan fingerprint density at radius 3 is 2.89 bits per heavy atom. The third-order valence-electron chi connectivity index (χ3n) is 4.62. The quantitative estimate of drug-likeness (QED) is 0.874. The molecule has 2 N–H and O–H groups in total. The predicted octanol–water partition coefficient (Wildman–Crippen LogP) is 1.90. The molecule has 3 heterocycles. The zero-order chi connectivity index (χ0) is 13.1. The Morgan fingerprint density at radius 2 is 2.16 bits per heavy atom. The van der Waals surface area contributed by atoms with Crippen LogP contribution < -0.4 is 5.32 Å². The summed E-state index contributed by atoms with van der Waals surface area (Å²) in [5.74, 6) is 1.54. The molecule has 0 saturated carbocycles. The fourth-order valence-corrected chi connectivity index (χ4v) is 3.54. The van der Waals surface area contributed by atoms with Gasteiger partial charge in [-0.1, -0.05) is 0 Å². The van der Waals surface area contributed by atoms with Crippen molar-refractivity contribution in [2.75, 3.05) is 32.7 Å². The molecule has 1 unspecified atom stereocenters. The molecular formula is C15H26N4. The summed E-state index contributed by atoms with van der Waals surface area (Å²) in [5, 5.41) is 11.0. The van der Waals surface area contributed by atoms with Crippen molar-refractivity contribution in [2.24, 2.45) is 5.92 Å². The van der Waals surface area contributed by atoms with Gasteiger partial charge in [-0.25, -0.2) is 0 Å². The first-order chi connectivity index (χ1) is 9.31. The molecule has 2 saturated heterocycles. The van der Waals surface area contributed by atoms with Crippen LogP contribution in [0, 0.1) is 12.8 Å². The summed E-state index contributed by atoms with van der Waals surface area (Å²) >= 11 is 0. The van der Waals surface area contributed by atoms with Crippen LogP contribution in [-0.2, 0) is 0 Å². The monoisotopic (exact) mass is 262 g/mol. The molecule has 0 aliphatic carbocycles. The number of hydrogen-bond donors (Lipinski definition) is 2. The van der Waals surface area contributed by atoms with Gasteiger partial charge in [0.1, 0.15) is 0 Å². The molecule has 0 spiro atoms. The van der Waals surface area contributed by atoms with Crippen molar-refractivity contribution in [3.8, 4) is 0 Å². The summed E-state index contributed by atoms with van der Waals surface area (Å²) in [6.07, 6.45) is 5.32. The standard InChI is InChI=1S/C15H26N4/c1-12-9-15(18-17-12)14-3-2-8-19(11-14)10-13-4-6-16-7-5-13/h9,13-14,16H,2-8,10-11H2,1H3,(H,17,18). The predicted molar refractivity (Wildman–Crippen MR) is 77.3 cm³/mol. The second kappa shape index (κ2) is 6.06. The first-order valence-corrected chi connectivity index (χ1v) is 7.76. The Bertz CT molecular complexity index is 395. The lowest BCUT2D eigenvalue weighted by atomic mass is 9.92. The first kappa shape index (κ1) is 13.1. The summed E-state index contributed by atoms with van der Waals surface area (Å²) < 4.78 is 0. The molecule has 4 heteroatoms. The Hall–Kier alpha value is -0.870. The minimum Gasteiger partial charge on any atom is -0.317 e. The summed E-state index contributed by atoms with van der Waals surface area (Å²) in [6.45, 7) is 8.28. The van der Waals surface area contributed by atoms with Gasteiger partial charge in [-0.2, -0.15) is 5.10 Å². The lowest BCUT2D eigenvalue weighted by Crippen LogP contribution is -2.40. The van der Waals surface area contributed by atoms with Crippen molar-refractivity contribution in [1.82, 2.24) is 20.4 Å². The minimum atomic E-state index is 0.639. The zero-order valence-corrected chi connectivity index (χ0v) is 12.0. The van der Waals surface area contributed by atoms with Crippen molar-refractivity contribution in [1.29, 1.82) is 0 Å². The second-order valence-corrected chi connectivity index (χ2v) is 6.27. The van der Waals surface area contributed by atoms with E-state index in [0.717, 1.165) is 5.92 Å². The van der Waals surface area contributed by atoms with E-state index in [0.29, 0.717) is 5.92 Å². The van der Waals surface area contributed by atoms with E-state index in [1.165, 1.54) is 69.8 Å². The smallest absolute Gasteiger partial charge is 0.0668 e. The molecule has 0 amide bonds. The Kier molecular flexibility index (Phi) is 4.18. The van der Waals surface area contributed by atoms with E-state index in [1.807, 2.05) is 0 Å². The van der Waals surface area contributed by atoms with Crippen molar-refractivity contribution in [2.45, 2.75) is 38.5 Å². The molecule has 0 aromatic carbocycles. The van der Waals surface area contributed by atoms with Crippen LogP contribution in [0.4, 0.5) is 0 Å². The topological polar surface area (TPSA) is 44.0 Å². The van der Waals surface area contributed by atoms with Gasteiger partial charge in [0, 0.05) is 24.7 Å². The Labute approximate surface area is 116 Å². The first-order valence-electron chi connectivity index (χ1n) is 7.76. The molecule has 0 bridgehead atoms. The van der Waals surface area contributed by atoms with Crippen LogP contribution in [0.2, 0.25) is 0 Å². The van der Waals surface area contributed by atoms with Gasteiger partial charge in [-0.3, -0.25) is 5.10 Å². The van der Waals surface area contributed by atoms with Crippen molar-refractivity contribution >= 4 is 0 Å². The van der Waals surface area contributed by atoms with Crippen LogP contribution in [0.5, 0.6) is 0 Å². The summed E-state index contributed by atoms with van der Waals surface area (Å²) in [7, 11) is 0. The molecule has 2 aliphatic rings.